The SMILES string of the molecule is C=S1C(=O)NC(=O)C1c1cn(Cc2cccc(C(F)(F)F)c2)c2ccccc12. The molecule has 2 amide bonds. The van der Waals surface area contributed by atoms with Gasteiger partial charge in [-0.1, -0.05) is 46.7 Å². The Morgan fingerprint density at radius 2 is 1.86 bits per heavy atom. The minimum absolute atomic E-state index is 0.206. The molecule has 2 atom stereocenters. The first kappa shape index (κ1) is 18.5. The maximum Gasteiger partial charge on any atom is 0.416 e. The zero-order valence-corrected chi connectivity index (χ0v) is 15.3. The summed E-state index contributed by atoms with van der Waals surface area (Å²) in [6.45, 7) is 0.206. The minimum Gasteiger partial charge on any atom is -0.343 e. The molecule has 144 valence electrons. The van der Waals surface area contributed by atoms with E-state index in [2.05, 4.69) is 11.2 Å². The first-order valence-corrected chi connectivity index (χ1v) is 9.83. The lowest BCUT2D eigenvalue weighted by molar-refractivity contribution is -0.137. The van der Waals surface area contributed by atoms with Gasteiger partial charge in [0.25, 0.3) is 5.24 Å². The van der Waals surface area contributed by atoms with Crippen molar-refractivity contribution in [1.82, 2.24) is 9.88 Å². The number of carbonyl (C=O) groups excluding carboxylic acids is 2. The van der Waals surface area contributed by atoms with Gasteiger partial charge in [0.05, 0.1) is 5.56 Å². The van der Waals surface area contributed by atoms with Gasteiger partial charge in [-0.3, -0.25) is 14.9 Å². The Bertz CT molecular complexity index is 1130. The maximum atomic E-state index is 13.0. The van der Waals surface area contributed by atoms with Gasteiger partial charge in [0.2, 0.25) is 5.91 Å². The normalized spacial score (nSPS) is 20.0. The van der Waals surface area contributed by atoms with E-state index in [0.29, 0.717) is 11.1 Å². The molecule has 1 fully saturated rings. The summed E-state index contributed by atoms with van der Waals surface area (Å²) in [4.78, 5) is 24.1. The molecule has 0 spiro atoms. The number of alkyl halides is 3. The Kier molecular flexibility index (Phi) is 4.38. The number of imide groups is 1. The Hall–Kier alpha value is -2.87. The highest BCUT2D eigenvalue weighted by Gasteiger charge is 2.37. The van der Waals surface area contributed by atoms with E-state index in [4.69, 9.17) is 0 Å². The van der Waals surface area contributed by atoms with E-state index >= 15 is 0 Å². The molecule has 1 aliphatic rings. The summed E-state index contributed by atoms with van der Waals surface area (Å²) in [5.74, 6) is 3.43. The average Bonchev–Trinajstić information content (AvgIpc) is 3.11. The summed E-state index contributed by atoms with van der Waals surface area (Å²) >= 11 is 0. The molecule has 8 heteroatoms. The highest BCUT2D eigenvalue weighted by atomic mass is 32.2. The molecule has 3 aromatic rings. The molecule has 1 saturated heterocycles. The van der Waals surface area contributed by atoms with Crippen molar-refractivity contribution in [3.63, 3.8) is 0 Å². The van der Waals surface area contributed by atoms with Gasteiger partial charge in [-0.25, -0.2) is 0 Å². The molecule has 0 bridgehead atoms. The number of fused-ring (bicyclic) bond motifs is 1. The van der Waals surface area contributed by atoms with E-state index in [1.54, 1.807) is 16.8 Å². The second-order valence-electron chi connectivity index (χ2n) is 6.51. The van der Waals surface area contributed by atoms with Gasteiger partial charge in [0.1, 0.15) is 5.25 Å². The van der Waals surface area contributed by atoms with Gasteiger partial charge in [0, 0.05) is 29.2 Å². The standard InChI is InChI=1S/C20H15F3N2O2S/c1-28-17(18(26)24-19(28)27)15-11-25(16-8-3-2-7-14(15)16)10-12-5-4-6-13(9-12)20(21,22)23/h2-9,11,17H,1,10H2,(H,24,26,27). The zero-order valence-electron chi connectivity index (χ0n) is 14.5. The molecular formula is C20H15F3N2O2S. The van der Waals surface area contributed by atoms with Crippen LogP contribution in [0, 0.1) is 0 Å². The molecule has 0 radical (unpaired) electrons. The number of aromatic nitrogens is 1. The number of halogens is 3. The predicted molar refractivity (Wildman–Crippen MR) is 103 cm³/mol. The molecular weight excluding hydrogens is 389 g/mol. The van der Waals surface area contributed by atoms with Crippen LogP contribution in [-0.2, 0) is 17.5 Å². The Morgan fingerprint density at radius 1 is 1.11 bits per heavy atom. The van der Waals surface area contributed by atoms with E-state index in [9.17, 15) is 22.8 Å². The average molecular weight is 404 g/mol. The molecule has 2 heterocycles. The smallest absolute Gasteiger partial charge is 0.343 e. The van der Waals surface area contributed by atoms with Crippen molar-refractivity contribution in [3.8, 4) is 0 Å². The van der Waals surface area contributed by atoms with Crippen LogP contribution in [0.5, 0.6) is 0 Å². The lowest BCUT2D eigenvalue weighted by Gasteiger charge is -2.10. The summed E-state index contributed by atoms with van der Waals surface area (Å²) in [5.41, 5.74) is 1.22. The monoisotopic (exact) mass is 404 g/mol. The fraction of sp³-hybridized carbons (Fsp3) is 0.150. The van der Waals surface area contributed by atoms with E-state index in [1.807, 2.05) is 24.3 Å². The van der Waals surface area contributed by atoms with Crippen molar-refractivity contribution in [2.75, 3.05) is 0 Å². The third-order valence-electron chi connectivity index (χ3n) is 4.70. The van der Waals surface area contributed by atoms with Crippen LogP contribution in [-0.4, -0.2) is 21.6 Å². The number of benzene rings is 2. The van der Waals surface area contributed by atoms with Crippen LogP contribution < -0.4 is 5.32 Å². The van der Waals surface area contributed by atoms with Crippen LogP contribution in [0.4, 0.5) is 18.0 Å². The second-order valence-corrected chi connectivity index (χ2v) is 8.21. The quantitative estimate of drug-likeness (QED) is 0.644. The van der Waals surface area contributed by atoms with Crippen LogP contribution in [0.3, 0.4) is 0 Å². The van der Waals surface area contributed by atoms with Gasteiger partial charge in [0.15, 0.2) is 0 Å². The summed E-state index contributed by atoms with van der Waals surface area (Å²) < 4.78 is 40.8. The third-order valence-corrected chi connectivity index (χ3v) is 6.31. The Morgan fingerprint density at radius 3 is 2.54 bits per heavy atom. The first-order chi connectivity index (χ1) is 13.3. The van der Waals surface area contributed by atoms with Crippen LogP contribution in [0.2, 0.25) is 0 Å². The largest absolute Gasteiger partial charge is 0.416 e. The molecule has 1 N–H and O–H groups in total. The van der Waals surface area contributed by atoms with E-state index in [-0.39, 0.29) is 6.54 Å². The zero-order chi connectivity index (χ0) is 20.1. The second kappa shape index (κ2) is 6.63. The number of hydrogen-bond acceptors (Lipinski definition) is 2. The number of para-hydroxylation sites is 1. The topological polar surface area (TPSA) is 51.1 Å². The number of hydrogen-bond donors (Lipinski definition) is 1. The highest BCUT2D eigenvalue weighted by molar-refractivity contribution is 8.28. The summed E-state index contributed by atoms with van der Waals surface area (Å²) in [6.07, 6.45) is -2.68. The van der Waals surface area contributed by atoms with E-state index in [0.717, 1.165) is 23.0 Å². The molecule has 1 aromatic heterocycles. The summed E-state index contributed by atoms with van der Waals surface area (Å²) in [6, 6.07) is 12.5. The van der Waals surface area contributed by atoms with Gasteiger partial charge in [-0.05, 0) is 23.8 Å². The lowest BCUT2D eigenvalue weighted by Crippen LogP contribution is -2.20. The number of rotatable bonds is 3. The highest BCUT2D eigenvalue weighted by Crippen LogP contribution is 2.42. The molecule has 0 aliphatic carbocycles. The van der Waals surface area contributed by atoms with Gasteiger partial charge >= 0.3 is 6.18 Å². The minimum atomic E-state index is -4.41. The summed E-state index contributed by atoms with van der Waals surface area (Å²) in [7, 11) is -1.05. The van der Waals surface area contributed by atoms with Crippen molar-refractivity contribution in [2.45, 2.75) is 18.0 Å². The first-order valence-electron chi connectivity index (χ1n) is 8.37. The molecule has 4 nitrogen and oxygen atoms in total. The number of nitrogens with one attached hydrogen (secondary N) is 1. The molecule has 2 unspecified atom stereocenters. The fourth-order valence-corrected chi connectivity index (χ4v) is 4.68. The van der Waals surface area contributed by atoms with Crippen LogP contribution in [0.25, 0.3) is 10.9 Å². The van der Waals surface area contributed by atoms with Gasteiger partial charge < -0.3 is 4.57 Å². The number of carbonyl (C=O) groups is 2. The number of amides is 2. The molecule has 1 aliphatic heterocycles. The van der Waals surface area contributed by atoms with Crippen LogP contribution in [0.1, 0.15) is 21.9 Å². The fourth-order valence-electron chi connectivity index (χ4n) is 3.42. The molecule has 0 saturated carbocycles. The van der Waals surface area contributed by atoms with E-state index < -0.39 is 38.6 Å². The maximum absolute atomic E-state index is 13.0. The molecule has 4 rings (SSSR count). The van der Waals surface area contributed by atoms with Gasteiger partial charge in [-0.15, -0.1) is 0 Å². The van der Waals surface area contributed by atoms with Crippen molar-refractivity contribution in [2.24, 2.45) is 0 Å². The third kappa shape index (κ3) is 3.13. The molecule has 28 heavy (non-hydrogen) atoms. The van der Waals surface area contributed by atoms with Crippen molar-refractivity contribution >= 4 is 38.4 Å². The molecule has 2 aromatic carbocycles. The van der Waals surface area contributed by atoms with Crippen LogP contribution >= 0.6 is 10.5 Å². The predicted octanol–water partition coefficient (Wildman–Crippen LogP) is 4.70. The lowest BCUT2D eigenvalue weighted by atomic mass is 10.1. The van der Waals surface area contributed by atoms with Crippen molar-refractivity contribution in [1.29, 1.82) is 0 Å². The Labute approximate surface area is 160 Å². The summed E-state index contributed by atoms with van der Waals surface area (Å²) in [5, 5.41) is 1.99. The van der Waals surface area contributed by atoms with Crippen molar-refractivity contribution in [3.05, 3.63) is 71.4 Å². The van der Waals surface area contributed by atoms with Crippen LogP contribution in [0.15, 0.2) is 54.7 Å². The number of nitrogens with zero attached hydrogens (tertiary/aromatic N) is 1. The Balaban J connectivity index is 1.79. The van der Waals surface area contributed by atoms with Crippen molar-refractivity contribution < 1.29 is 22.8 Å². The van der Waals surface area contributed by atoms with E-state index in [1.165, 1.54) is 6.07 Å². The van der Waals surface area contributed by atoms with Gasteiger partial charge in [-0.2, -0.15) is 13.2 Å².